The number of ether oxygens (including phenoxy) is 3. The van der Waals surface area contributed by atoms with E-state index in [0.29, 0.717) is 5.69 Å². The molecule has 2 atom stereocenters. The van der Waals surface area contributed by atoms with E-state index >= 15 is 0 Å². The number of carbonyl (C=O) groups is 3. The summed E-state index contributed by atoms with van der Waals surface area (Å²) in [4.78, 5) is 42.7. The second kappa shape index (κ2) is 11.3. The SMILES string of the molecule is CC(C)(C)OC(=O)NC(CC(Cc1ccc(Br)cn1)C(=O)OC(C)(C)C)C(=O)OC(C)(C)C. The fourth-order valence-corrected chi connectivity index (χ4v) is 2.98. The normalized spacial score (nSPS) is 14.1. The topological polar surface area (TPSA) is 104 Å². The predicted octanol–water partition coefficient (Wildman–Crippen LogP) is 4.97. The summed E-state index contributed by atoms with van der Waals surface area (Å²) in [7, 11) is 0. The number of hydrogen-bond acceptors (Lipinski definition) is 7. The molecule has 1 aromatic rings. The summed E-state index contributed by atoms with van der Waals surface area (Å²) < 4.78 is 17.2. The molecule has 0 aromatic carbocycles. The zero-order chi connectivity index (χ0) is 25.6. The second-order valence-electron chi connectivity index (χ2n) is 10.9. The van der Waals surface area contributed by atoms with E-state index in [4.69, 9.17) is 14.2 Å². The Balaban J connectivity index is 3.21. The first kappa shape index (κ1) is 28.9. The molecule has 33 heavy (non-hydrogen) atoms. The summed E-state index contributed by atoms with van der Waals surface area (Å²) in [5.41, 5.74) is -1.61. The zero-order valence-corrected chi connectivity index (χ0v) is 22.7. The average Bonchev–Trinajstić information content (AvgIpc) is 2.57. The minimum Gasteiger partial charge on any atom is -0.460 e. The number of aromatic nitrogens is 1. The largest absolute Gasteiger partial charge is 0.460 e. The third-order valence-corrected chi connectivity index (χ3v) is 4.36. The first-order valence-electron chi connectivity index (χ1n) is 10.9. The molecule has 9 heteroatoms. The Morgan fingerprint density at radius 1 is 0.879 bits per heavy atom. The van der Waals surface area contributed by atoms with Gasteiger partial charge in [0.05, 0.1) is 5.92 Å². The highest BCUT2D eigenvalue weighted by atomic mass is 79.9. The van der Waals surface area contributed by atoms with E-state index < -0.39 is 46.8 Å². The van der Waals surface area contributed by atoms with Gasteiger partial charge in [0.15, 0.2) is 0 Å². The Labute approximate surface area is 205 Å². The summed E-state index contributed by atoms with van der Waals surface area (Å²) in [6.07, 6.45) is 1.03. The maximum Gasteiger partial charge on any atom is 0.408 e. The van der Waals surface area contributed by atoms with Gasteiger partial charge in [-0.2, -0.15) is 0 Å². The van der Waals surface area contributed by atoms with Crippen molar-refractivity contribution < 1.29 is 28.6 Å². The first-order valence-corrected chi connectivity index (χ1v) is 11.7. The van der Waals surface area contributed by atoms with Crippen LogP contribution < -0.4 is 5.32 Å². The van der Waals surface area contributed by atoms with Crippen LogP contribution in [-0.4, -0.2) is 45.9 Å². The van der Waals surface area contributed by atoms with Crippen LogP contribution in [0.15, 0.2) is 22.8 Å². The van der Waals surface area contributed by atoms with Gasteiger partial charge in [0.2, 0.25) is 0 Å². The molecule has 1 amide bonds. The Bertz CT molecular complexity index is 819. The van der Waals surface area contributed by atoms with Crippen molar-refractivity contribution in [3.63, 3.8) is 0 Å². The molecule has 186 valence electrons. The van der Waals surface area contributed by atoms with Gasteiger partial charge in [-0.15, -0.1) is 0 Å². The van der Waals surface area contributed by atoms with Crippen molar-refractivity contribution in [1.82, 2.24) is 10.3 Å². The third-order valence-electron chi connectivity index (χ3n) is 3.89. The van der Waals surface area contributed by atoms with Crippen molar-refractivity contribution in [3.8, 4) is 0 Å². The molecule has 0 radical (unpaired) electrons. The van der Waals surface area contributed by atoms with Gasteiger partial charge in [-0.3, -0.25) is 9.78 Å². The minimum atomic E-state index is -1.12. The quantitative estimate of drug-likeness (QED) is 0.393. The van der Waals surface area contributed by atoms with Crippen molar-refractivity contribution in [2.45, 2.75) is 98.0 Å². The lowest BCUT2D eigenvalue weighted by Gasteiger charge is -2.29. The average molecular weight is 529 g/mol. The van der Waals surface area contributed by atoms with E-state index in [1.54, 1.807) is 74.6 Å². The van der Waals surface area contributed by atoms with Gasteiger partial charge < -0.3 is 19.5 Å². The van der Waals surface area contributed by atoms with E-state index in [1.165, 1.54) is 0 Å². The monoisotopic (exact) mass is 528 g/mol. The first-order chi connectivity index (χ1) is 14.8. The molecule has 1 rings (SSSR count). The summed E-state index contributed by atoms with van der Waals surface area (Å²) in [6, 6.07) is 2.48. The molecule has 0 aliphatic carbocycles. The summed E-state index contributed by atoms with van der Waals surface area (Å²) in [6.45, 7) is 15.7. The van der Waals surface area contributed by atoms with Crippen molar-refractivity contribution in [2.24, 2.45) is 5.92 Å². The highest BCUT2D eigenvalue weighted by Gasteiger charge is 2.35. The highest BCUT2D eigenvalue weighted by molar-refractivity contribution is 9.10. The lowest BCUT2D eigenvalue weighted by molar-refractivity contribution is -0.162. The van der Waals surface area contributed by atoms with Crippen LogP contribution in [0, 0.1) is 5.92 Å². The lowest BCUT2D eigenvalue weighted by atomic mass is 9.94. The molecule has 0 saturated carbocycles. The summed E-state index contributed by atoms with van der Waals surface area (Å²) in [5, 5.41) is 2.57. The van der Waals surface area contributed by atoms with Crippen LogP contribution in [0.1, 0.15) is 74.4 Å². The minimum absolute atomic E-state index is 0.0409. The number of carbonyl (C=O) groups excluding carboxylic acids is 3. The molecule has 0 spiro atoms. The molecular weight excluding hydrogens is 492 g/mol. The number of pyridine rings is 1. The fraction of sp³-hybridized carbons (Fsp3) is 0.667. The molecule has 1 N–H and O–H groups in total. The zero-order valence-electron chi connectivity index (χ0n) is 21.1. The fourth-order valence-electron chi connectivity index (χ4n) is 2.75. The van der Waals surface area contributed by atoms with Crippen LogP contribution in [-0.2, 0) is 30.2 Å². The van der Waals surface area contributed by atoms with Crippen LogP contribution in [0.5, 0.6) is 0 Å². The number of esters is 2. The Hall–Kier alpha value is -2.16. The van der Waals surface area contributed by atoms with E-state index in [1.807, 2.05) is 6.07 Å². The number of nitrogens with zero attached hydrogens (tertiary/aromatic N) is 1. The van der Waals surface area contributed by atoms with Gasteiger partial charge >= 0.3 is 18.0 Å². The van der Waals surface area contributed by atoms with Gasteiger partial charge in [-0.1, -0.05) is 0 Å². The molecule has 2 unspecified atom stereocenters. The van der Waals surface area contributed by atoms with Gasteiger partial charge in [0.25, 0.3) is 0 Å². The lowest BCUT2D eigenvalue weighted by Crippen LogP contribution is -2.48. The van der Waals surface area contributed by atoms with Crippen LogP contribution >= 0.6 is 15.9 Å². The van der Waals surface area contributed by atoms with Gasteiger partial charge in [-0.25, -0.2) is 9.59 Å². The van der Waals surface area contributed by atoms with Crippen molar-refractivity contribution >= 4 is 34.0 Å². The summed E-state index contributed by atoms with van der Waals surface area (Å²) >= 11 is 3.34. The number of hydrogen-bond donors (Lipinski definition) is 1. The van der Waals surface area contributed by atoms with Crippen LogP contribution in [0.4, 0.5) is 4.79 Å². The standard InChI is InChI=1S/C24H37BrN2O6/c1-22(2,3)31-19(28)15(12-17-11-10-16(25)14-26-17)13-18(20(29)32-23(4,5)6)27-21(30)33-24(7,8)9/h10-11,14-15,18H,12-13H2,1-9H3,(H,27,30). The Morgan fingerprint density at radius 2 is 1.39 bits per heavy atom. The smallest absolute Gasteiger partial charge is 0.408 e. The van der Waals surface area contributed by atoms with Crippen molar-refractivity contribution in [2.75, 3.05) is 0 Å². The second-order valence-corrected chi connectivity index (χ2v) is 11.8. The van der Waals surface area contributed by atoms with E-state index in [9.17, 15) is 14.4 Å². The predicted molar refractivity (Wildman–Crippen MR) is 129 cm³/mol. The Kier molecular flexibility index (Phi) is 9.90. The molecule has 0 aliphatic heterocycles. The van der Waals surface area contributed by atoms with Crippen LogP contribution in [0.2, 0.25) is 0 Å². The number of halogens is 1. The molecule has 0 aliphatic rings. The molecule has 0 saturated heterocycles. The number of nitrogens with one attached hydrogen (secondary N) is 1. The van der Waals surface area contributed by atoms with E-state index in [0.717, 1.165) is 4.47 Å². The number of rotatable bonds is 7. The van der Waals surface area contributed by atoms with Crippen molar-refractivity contribution in [3.05, 3.63) is 28.5 Å². The number of alkyl carbamates (subject to hydrolysis) is 1. The molecular formula is C24H37BrN2O6. The summed E-state index contributed by atoms with van der Waals surface area (Å²) in [5.74, 6) is -1.91. The van der Waals surface area contributed by atoms with Gasteiger partial charge in [-0.05, 0) is 96.8 Å². The maximum atomic E-state index is 13.0. The third kappa shape index (κ3) is 12.6. The van der Waals surface area contributed by atoms with Gasteiger partial charge in [0, 0.05) is 22.8 Å². The highest BCUT2D eigenvalue weighted by Crippen LogP contribution is 2.22. The van der Waals surface area contributed by atoms with Crippen molar-refractivity contribution in [1.29, 1.82) is 0 Å². The molecule has 8 nitrogen and oxygen atoms in total. The molecule has 1 aromatic heterocycles. The van der Waals surface area contributed by atoms with E-state index in [2.05, 4.69) is 26.2 Å². The van der Waals surface area contributed by atoms with Crippen LogP contribution in [0.25, 0.3) is 0 Å². The van der Waals surface area contributed by atoms with E-state index in [-0.39, 0.29) is 12.8 Å². The maximum absolute atomic E-state index is 13.0. The van der Waals surface area contributed by atoms with Crippen LogP contribution in [0.3, 0.4) is 0 Å². The molecule has 1 heterocycles. The number of amides is 1. The Morgan fingerprint density at radius 3 is 1.85 bits per heavy atom. The molecule has 0 fully saturated rings. The molecule has 0 bridgehead atoms. The van der Waals surface area contributed by atoms with Gasteiger partial charge in [0.1, 0.15) is 22.8 Å².